The Balaban J connectivity index is 2.65. The minimum Gasteiger partial charge on any atom is -0.369 e. The van der Waals surface area contributed by atoms with Gasteiger partial charge in [0.15, 0.2) is 6.23 Å². The molecule has 3 heteroatoms. The van der Waals surface area contributed by atoms with Crippen LogP contribution in [0.3, 0.4) is 0 Å². The number of hydrogen-bond donors (Lipinski definition) is 2. The topological polar surface area (TPSA) is 49.3 Å². The number of rotatable bonds is 2. The summed E-state index contributed by atoms with van der Waals surface area (Å²) in [5.41, 5.74) is 0.688. The lowest BCUT2D eigenvalue weighted by Gasteiger charge is -2.10. The molecule has 0 aliphatic rings. The number of hydrogen-bond acceptors (Lipinski definition) is 2. The Hall–Kier alpha value is -1.35. The van der Waals surface area contributed by atoms with Gasteiger partial charge < -0.3 is 10.4 Å². The van der Waals surface area contributed by atoms with Crippen LogP contribution in [-0.4, -0.2) is 11.0 Å². The van der Waals surface area contributed by atoms with Crippen LogP contribution in [0.1, 0.15) is 18.7 Å². The van der Waals surface area contributed by atoms with Crippen molar-refractivity contribution in [3.63, 3.8) is 0 Å². The first-order chi connectivity index (χ1) is 5.70. The molecule has 0 aliphatic carbocycles. The van der Waals surface area contributed by atoms with Crippen molar-refractivity contribution in [2.75, 3.05) is 0 Å². The quantitative estimate of drug-likeness (QED) is 0.637. The van der Waals surface area contributed by atoms with Crippen LogP contribution in [0.4, 0.5) is 0 Å². The summed E-state index contributed by atoms with van der Waals surface area (Å²) >= 11 is 0. The molecular weight excluding hydrogens is 154 g/mol. The Morgan fingerprint density at radius 1 is 1.42 bits per heavy atom. The monoisotopic (exact) mass is 165 g/mol. The smallest absolute Gasteiger partial charge is 0.219 e. The number of aliphatic hydroxyl groups is 1. The second kappa shape index (κ2) is 3.88. The van der Waals surface area contributed by atoms with Crippen LogP contribution >= 0.6 is 0 Å². The zero-order valence-corrected chi connectivity index (χ0v) is 6.82. The van der Waals surface area contributed by atoms with Crippen LogP contribution in [0.5, 0.6) is 0 Å². The fraction of sp³-hybridized carbons (Fsp3) is 0.222. The standard InChI is InChI=1S/C9H11NO2/c1-7(11)10-9(12)8-5-3-2-4-6-8/h2-6,9,12H,1H3,(H,10,11). The molecule has 0 radical (unpaired) electrons. The average molecular weight is 165 g/mol. The van der Waals surface area contributed by atoms with Crippen molar-refractivity contribution in [3.05, 3.63) is 35.9 Å². The molecule has 0 aromatic heterocycles. The first-order valence-electron chi connectivity index (χ1n) is 3.70. The van der Waals surface area contributed by atoms with E-state index in [-0.39, 0.29) is 5.91 Å². The number of amides is 1. The maximum absolute atomic E-state index is 10.6. The van der Waals surface area contributed by atoms with E-state index in [1.54, 1.807) is 24.3 Å². The molecule has 0 fully saturated rings. The highest BCUT2D eigenvalue weighted by Crippen LogP contribution is 2.07. The second-order valence-electron chi connectivity index (χ2n) is 2.51. The highest BCUT2D eigenvalue weighted by molar-refractivity contribution is 5.73. The van der Waals surface area contributed by atoms with Crippen molar-refractivity contribution in [1.82, 2.24) is 5.32 Å². The first-order valence-corrected chi connectivity index (χ1v) is 3.70. The molecule has 64 valence electrons. The molecule has 0 saturated heterocycles. The van der Waals surface area contributed by atoms with Crippen LogP contribution in [0.2, 0.25) is 0 Å². The number of aliphatic hydroxyl groups excluding tert-OH is 1. The number of carbonyl (C=O) groups excluding carboxylic acids is 1. The summed E-state index contributed by atoms with van der Waals surface area (Å²) in [5, 5.41) is 11.7. The van der Waals surface area contributed by atoms with Gasteiger partial charge >= 0.3 is 0 Å². The Labute approximate surface area is 71.0 Å². The molecule has 0 bridgehead atoms. The highest BCUT2D eigenvalue weighted by Gasteiger charge is 2.05. The van der Waals surface area contributed by atoms with E-state index in [2.05, 4.69) is 5.32 Å². The summed E-state index contributed by atoms with van der Waals surface area (Å²) in [6.45, 7) is 1.37. The summed E-state index contributed by atoms with van der Waals surface area (Å²) in [5.74, 6) is -0.244. The van der Waals surface area contributed by atoms with Crippen LogP contribution in [-0.2, 0) is 4.79 Å². The average Bonchev–Trinajstić information content (AvgIpc) is 2.05. The van der Waals surface area contributed by atoms with E-state index >= 15 is 0 Å². The molecule has 0 heterocycles. The predicted molar refractivity (Wildman–Crippen MR) is 45.2 cm³/mol. The van der Waals surface area contributed by atoms with Gasteiger partial charge in [0, 0.05) is 12.5 Å². The lowest BCUT2D eigenvalue weighted by molar-refractivity contribution is -0.122. The molecule has 3 nitrogen and oxygen atoms in total. The van der Waals surface area contributed by atoms with E-state index in [1.807, 2.05) is 6.07 Å². The van der Waals surface area contributed by atoms with Crippen molar-refractivity contribution in [2.24, 2.45) is 0 Å². The van der Waals surface area contributed by atoms with E-state index < -0.39 is 6.23 Å². The van der Waals surface area contributed by atoms with Gasteiger partial charge in [-0.3, -0.25) is 4.79 Å². The van der Waals surface area contributed by atoms with Gasteiger partial charge in [-0.25, -0.2) is 0 Å². The molecule has 1 atom stereocenters. The molecule has 1 unspecified atom stereocenters. The molecule has 1 rings (SSSR count). The number of nitrogens with one attached hydrogen (secondary N) is 1. The molecule has 12 heavy (non-hydrogen) atoms. The molecule has 2 N–H and O–H groups in total. The SMILES string of the molecule is CC(=O)NC(O)c1ccccc1. The minimum atomic E-state index is -0.899. The molecule has 0 spiro atoms. The summed E-state index contributed by atoms with van der Waals surface area (Å²) in [4.78, 5) is 10.6. The zero-order chi connectivity index (χ0) is 8.97. The molecular formula is C9H11NO2. The molecule has 0 aliphatic heterocycles. The molecule has 1 aromatic carbocycles. The summed E-state index contributed by atoms with van der Waals surface area (Å²) in [7, 11) is 0. The Kier molecular flexibility index (Phi) is 2.82. The van der Waals surface area contributed by atoms with E-state index in [0.717, 1.165) is 0 Å². The van der Waals surface area contributed by atoms with Crippen LogP contribution < -0.4 is 5.32 Å². The van der Waals surface area contributed by atoms with Gasteiger partial charge in [0.2, 0.25) is 5.91 Å². The van der Waals surface area contributed by atoms with Crippen LogP contribution in [0, 0.1) is 0 Å². The van der Waals surface area contributed by atoms with Crippen molar-refractivity contribution >= 4 is 5.91 Å². The van der Waals surface area contributed by atoms with Gasteiger partial charge in [-0.1, -0.05) is 30.3 Å². The normalized spacial score (nSPS) is 12.2. The van der Waals surface area contributed by atoms with Gasteiger partial charge in [0.1, 0.15) is 0 Å². The van der Waals surface area contributed by atoms with Crippen molar-refractivity contribution in [3.8, 4) is 0 Å². The van der Waals surface area contributed by atoms with Gasteiger partial charge in [0.05, 0.1) is 0 Å². The van der Waals surface area contributed by atoms with Crippen LogP contribution in [0.25, 0.3) is 0 Å². The van der Waals surface area contributed by atoms with E-state index in [4.69, 9.17) is 0 Å². The minimum absolute atomic E-state index is 0.244. The second-order valence-corrected chi connectivity index (χ2v) is 2.51. The van der Waals surface area contributed by atoms with Gasteiger partial charge in [-0.05, 0) is 0 Å². The van der Waals surface area contributed by atoms with Crippen LogP contribution in [0.15, 0.2) is 30.3 Å². The van der Waals surface area contributed by atoms with E-state index in [0.29, 0.717) is 5.56 Å². The highest BCUT2D eigenvalue weighted by atomic mass is 16.3. The first kappa shape index (κ1) is 8.74. The maximum Gasteiger partial charge on any atom is 0.219 e. The third-order valence-corrected chi connectivity index (χ3v) is 1.46. The van der Waals surface area contributed by atoms with E-state index in [1.165, 1.54) is 6.92 Å². The fourth-order valence-corrected chi connectivity index (χ4v) is 0.911. The molecule has 0 saturated carbocycles. The summed E-state index contributed by atoms with van der Waals surface area (Å²) < 4.78 is 0. The Morgan fingerprint density at radius 2 is 2.00 bits per heavy atom. The lowest BCUT2D eigenvalue weighted by Crippen LogP contribution is -2.25. The van der Waals surface area contributed by atoms with Gasteiger partial charge in [-0.15, -0.1) is 0 Å². The van der Waals surface area contributed by atoms with Gasteiger partial charge in [0.25, 0.3) is 0 Å². The summed E-state index contributed by atoms with van der Waals surface area (Å²) in [6, 6.07) is 8.96. The summed E-state index contributed by atoms with van der Waals surface area (Å²) in [6.07, 6.45) is -0.899. The third kappa shape index (κ3) is 2.36. The molecule has 1 aromatic rings. The number of benzene rings is 1. The number of carbonyl (C=O) groups is 1. The lowest BCUT2D eigenvalue weighted by atomic mass is 10.2. The predicted octanol–water partition coefficient (Wildman–Crippen LogP) is 0.814. The fourth-order valence-electron chi connectivity index (χ4n) is 0.911. The maximum atomic E-state index is 10.6. The van der Waals surface area contributed by atoms with Gasteiger partial charge in [-0.2, -0.15) is 0 Å². The largest absolute Gasteiger partial charge is 0.369 e. The third-order valence-electron chi connectivity index (χ3n) is 1.46. The van der Waals surface area contributed by atoms with Crippen molar-refractivity contribution in [1.29, 1.82) is 0 Å². The van der Waals surface area contributed by atoms with Crippen molar-refractivity contribution in [2.45, 2.75) is 13.2 Å². The molecule has 1 amide bonds. The van der Waals surface area contributed by atoms with Crippen molar-refractivity contribution < 1.29 is 9.90 Å². The Bertz CT molecular complexity index is 258. The zero-order valence-electron chi connectivity index (χ0n) is 6.82. The Morgan fingerprint density at radius 3 is 2.50 bits per heavy atom. The van der Waals surface area contributed by atoms with E-state index in [9.17, 15) is 9.90 Å².